The summed E-state index contributed by atoms with van der Waals surface area (Å²) in [6.07, 6.45) is 11.3. The molecule has 1 nitrogen and oxygen atoms in total. The van der Waals surface area contributed by atoms with Crippen LogP contribution in [-0.4, -0.2) is 12.6 Å². The number of unbranched alkanes of at least 4 members (excludes halogenated alkanes) is 1. The van der Waals surface area contributed by atoms with Gasteiger partial charge in [0.05, 0.1) is 0 Å². The van der Waals surface area contributed by atoms with Gasteiger partial charge in [0.1, 0.15) is 0 Å². The van der Waals surface area contributed by atoms with Gasteiger partial charge in [0.2, 0.25) is 0 Å². The molecule has 0 amide bonds. The molecule has 96 valence electrons. The Hall–Kier alpha value is -0.0400. The fourth-order valence-electron chi connectivity index (χ4n) is 2.93. The van der Waals surface area contributed by atoms with Crippen molar-refractivity contribution in [3.63, 3.8) is 0 Å². The molecule has 0 bridgehead atoms. The van der Waals surface area contributed by atoms with E-state index in [0.717, 1.165) is 17.9 Å². The minimum absolute atomic E-state index is 0.824. The minimum atomic E-state index is 0.824. The molecule has 0 aromatic rings. The molecule has 0 radical (unpaired) electrons. The van der Waals surface area contributed by atoms with Crippen LogP contribution in [0.1, 0.15) is 72.1 Å². The first kappa shape index (κ1) is 14.0. The van der Waals surface area contributed by atoms with Crippen molar-refractivity contribution in [1.82, 2.24) is 5.32 Å². The molecular weight excluding hydrogens is 194 g/mol. The van der Waals surface area contributed by atoms with Gasteiger partial charge in [-0.2, -0.15) is 0 Å². The normalized spacial score (nSPS) is 20.4. The Kier molecular flexibility index (Phi) is 7.11. The number of rotatable bonds is 9. The molecule has 2 atom stereocenters. The lowest BCUT2D eigenvalue weighted by molar-refractivity contribution is 0.162. The first-order chi connectivity index (χ1) is 7.83. The topological polar surface area (TPSA) is 12.0 Å². The largest absolute Gasteiger partial charge is 0.313 e. The van der Waals surface area contributed by atoms with E-state index in [9.17, 15) is 0 Å². The van der Waals surface area contributed by atoms with Crippen LogP contribution >= 0.6 is 0 Å². The summed E-state index contributed by atoms with van der Waals surface area (Å²) in [5.41, 5.74) is 0. The third kappa shape index (κ3) is 4.08. The SMILES string of the molecule is CCCCC(CC)C(NCCC)C1CCC1. The molecule has 1 N–H and O–H groups in total. The highest BCUT2D eigenvalue weighted by molar-refractivity contribution is 4.87. The van der Waals surface area contributed by atoms with Crippen LogP contribution in [0, 0.1) is 11.8 Å². The first-order valence-corrected chi connectivity index (χ1v) is 7.56. The summed E-state index contributed by atoms with van der Waals surface area (Å²) in [5.74, 6) is 1.92. The molecule has 0 heterocycles. The van der Waals surface area contributed by atoms with Crippen molar-refractivity contribution < 1.29 is 0 Å². The van der Waals surface area contributed by atoms with Gasteiger partial charge in [-0.15, -0.1) is 0 Å². The Morgan fingerprint density at radius 2 is 1.88 bits per heavy atom. The van der Waals surface area contributed by atoms with Gasteiger partial charge in [0.25, 0.3) is 0 Å². The maximum absolute atomic E-state index is 3.83. The van der Waals surface area contributed by atoms with Crippen molar-refractivity contribution >= 4 is 0 Å². The Labute approximate surface area is 102 Å². The van der Waals surface area contributed by atoms with E-state index in [0.29, 0.717) is 0 Å². The first-order valence-electron chi connectivity index (χ1n) is 7.56. The molecule has 0 aromatic carbocycles. The van der Waals surface area contributed by atoms with E-state index >= 15 is 0 Å². The van der Waals surface area contributed by atoms with E-state index in [2.05, 4.69) is 26.1 Å². The molecule has 0 aliphatic heterocycles. The van der Waals surface area contributed by atoms with Gasteiger partial charge in [-0.25, -0.2) is 0 Å². The lowest BCUT2D eigenvalue weighted by atomic mass is 9.73. The predicted octanol–water partition coefficient (Wildman–Crippen LogP) is 4.37. The summed E-state index contributed by atoms with van der Waals surface area (Å²) in [6, 6.07) is 0.824. The summed E-state index contributed by atoms with van der Waals surface area (Å²) < 4.78 is 0. The number of hydrogen-bond donors (Lipinski definition) is 1. The lowest BCUT2D eigenvalue weighted by Crippen LogP contribution is -2.45. The Bertz CT molecular complexity index is 163. The van der Waals surface area contributed by atoms with Crippen LogP contribution < -0.4 is 5.32 Å². The van der Waals surface area contributed by atoms with Crippen LogP contribution in [0.3, 0.4) is 0 Å². The van der Waals surface area contributed by atoms with Crippen molar-refractivity contribution in [2.45, 2.75) is 78.2 Å². The van der Waals surface area contributed by atoms with Crippen molar-refractivity contribution in [2.75, 3.05) is 6.54 Å². The van der Waals surface area contributed by atoms with Crippen LogP contribution in [0.4, 0.5) is 0 Å². The average molecular weight is 225 g/mol. The molecule has 0 spiro atoms. The predicted molar refractivity (Wildman–Crippen MR) is 72.7 cm³/mol. The monoisotopic (exact) mass is 225 g/mol. The van der Waals surface area contributed by atoms with E-state index < -0.39 is 0 Å². The highest BCUT2D eigenvalue weighted by Crippen LogP contribution is 2.35. The third-order valence-corrected chi connectivity index (χ3v) is 4.25. The second-order valence-electron chi connectivity index (χ2n) is 5.48. The maximum atomic E-state index is 3.83. The minimum Gasteiger partial charge on any atom is -0.313 e. The van der Waals surface area contributed by atoms with E-state index in [1.807, 2.05) is 0 Å². The van der Waals surface area contributed by atoms with E-state index in [4.69, 9.17) is 0 Å². The summed E-state index contributed by atoms with van der Waals surface area (Å²) >= 11 is 0. The summed E-state index contributed by atoms with van der Waals surface area (Å²) in [7, 11) is 0. The van der Waals surface area contributed by atoms with Gasteiger partial charge >= 0.3 is 0 Å². The molecule has 1 aliphatic carbocycles. The van der Waals surface area contributed by atoms with Gasteiger partial charge in [0, 0.05) is 6.04 Å². The highest BCUT2D eigenvalue weighted by atomic mass is 14.9. The van der Waals surface area contributed by atoms with Crippen LogP contribution in [0.15, 0.2) is 0 Å². The lowest BCUT2D eigenvalue weighted by Gasteiger charge is -2.39. The van der Waals surface area contributed by atoms with Crippen molar-refractivity contribution in [2.24, 2.45) is 11.8 Å². The van der Waals surface area contributed by atoms with Crippen LogP contribution in [0.2, 0.25) is 0 Å². The molecule has 16 heavy (non-hydrogen) atoms. The van der Waals surface area contributed by atoms with Crippen molar-refractivity contribution in [3.05, 3.63) is 0 Å². The molecule has 0 aromatic heterocycles. The molecule has 0 saturated heterocycles. The van der Waals surface area contributed by atoms with E-state index in [1.54, 1.807) is 0 Å². The maximum Gasteiger partial charge on any atom is 0.0123 e. The highest BCUT2D eigenvalue weighted by Gasteiger charge is 2.31. The zero-order valence-electron chi connectivity index (χ0n) is 11.6. The second-order valence-corrected chi connectivity index (χ2v) is 5.48. The van der Waals surface area contributed by atoms with Gasteiger partial charge in [-0.1, -0.05) is 46.5 Å². The van der Waals surface area contributed by atoms with Gasteiger partial charge in [-0.3, -0.25) is 0 Å². The summed E-state index contributed by atoms with van der Waals surface area (Å²) in [6.45, 7) is 8.17. The molecule has 2 unspecified atom stereocenters. The van der Waals surface area contributed by atoms with E-state index in [1.165, 1.54) is 57.9 Å². The molecular formula is C15H31N. The molecule has 1 rings (SSSR count). The zero-order valence-corrected chi connectivity index (χ0v) is 11.6. The number of hydrogen-bond acceptors (Lipinski definition) is 1. The van der Waals surface area contributed by atoms with Crippen molar-refractivity contribution in [1.29, 1.82) is 0 Å². The summed E-state index contributed by atoms with van der Waals surface area (Å²) in [5, 5.41) is 3.83. The quantitative estimate of drug-likeness (QED) is 0.614. The van der Waals surface area contributed by atoms with Crippen molar-refractivity contribution in [3.8, 4) is 0 Å². The molecule has 1 heteroatoms. The second kappa shape index (κ2) is 8.11. The molecule has 1 saturated carbocycles. The van der Waals surface area contributed by atoms with Crippen LogP contribution in [0.25, 0.3) is 0 Å². The van der Waals surface area contributed by atoms with Crippen LogP contribution in [-0.2, 0) is 0 Å². The molecule has 1 aliphatic rings. The standard InChI is InChI=1S/C15H31N/c1-4-7-9-13(6-3)15(16-12-5-2)14-10-8-11-14/h13-16H,4-12H2,1-3H3. The smallest absolute Gasteiger partial charge is 0.0123 e. The Morgan fingerprint density at radius 3 is 2.31 bits per heavy atom. The molecule has 1 fully saturated rings. The number of nitrogens with one attached hydrogen (secondary N) is 1. The fraction of sp³-hybridized carbons (Fsp3) is 1.00. The van der Waals surface area contributed by atoms with Gasteiger partial charge in [0.15, 0.2) is 0 Å². The van der Waals surface area contributed by atoms with Gasteiger partial charge < -0.3 is 5.32 Å². The van der Waals surface area contributed by atoms with E-state index in [-0.39, 0.29) is 0 Å². The van der Waals surface area contributed by atoms with Crippen LogP contribution in [0.5, 0.6) is 0 Å². The Morgan fingerprint density at radius 1 is 1.12 bits per heavy atom. The third-order valence-electron chi connectivity index (χ3n) is 4.25. The fourth-order valence-corrected chi connectivity index (χ4v) is 2.93. The zero-order chi connectivity index (χ0) is 11.8. The average Bonchev–Trinajstić information content (AvgIpc) is 2.23. The Balaban J connectivity index is 2.42. The summed E-state index contributed by atoms with van der Waals surface area (Å²) in [4.78, 5) is 0. The van der Waals surface area contributed by atoms with Gasteiger partial charge in [-0.05, 0) is 44.1 Å².